The summed E-state index contributed by atoms with van der Waals surface area (Å²) in [7, 11) is 0. The maximum absolute atomic E-state index is 5.19. The smallest absolute Gasteiger partial charge is 0.174 e. The fraction of sp³-hybridized carbons (Fsp3) is 0.312. The van der Waals surface area contributed by atoms with Gasteiger partial charge in [-0.05, 0) is 69.6 Å². The van der Waals surface area contributed by atoms with Crippen LogP contribution in [0.4, 0.5) is 0 Å². The average molecular weight is 274 g/mol. The van der Waals surface area contributed by atoms with Crippen LogP contribution in [0.1, 0.15) is 36.1 Å². The van der Waals surface area contributed by atoms with Gasteiger partial charge in [-0.1, -0.05) is 24.3 Å². The highest BCUT2D eigenvalue weighted by Gasteiger charge is 2.02. The highest BCUT2D eigenvalue weighted by Crippen LogP contribution is 2.18. The van der Waals surface area contributed by atoms with Crippen LogP contribution in [-0.2, 0) is 0 Å². The van der Waals surface area contributed by atoms with E-state index in [0.717, 1.165) is 11.4 Å². The van der Waals surface area contributed by atoms with Crippen LogP contribution in [0.2, 0.25) is 0 Å². The van der Waals surface area contributed by atoms with Crippen molar-refractivity contribution >= 4 is 23.4 Å². The molecule has 2 nitrogen and oxygen atoms in total. The minimum absolute atomic E-state index is 0.573. The molecule has 1 rings (SSSR count). The SMILES string of the molecule is C=C(C)NC(=S)N/C(C)=C/c1c(C)cc(C)cc1C. The van der Waals surface area contributed by atoms with Gasteiger partial charge in [0.2, 0.25) is 0 Å². The van der Waals surface area contributed by atoms with E-state index in [4.69, 9.17) is 12.2 Å². The highest BCUT2D eigenvalue weighted by molar-refractivity contribution is 7.80. The molecule has 0 atom stereocenters. The third kappa shape index (κ3) is 4.87. The van der Waals surface area contributed by atoms with E-state index < -0.39 is 0 Å². The van der Waals surface area contributed by atoms with Gasteiger partial charge in [0.15, 0.2) is 5.11 Å². The summed E-state index contributed by atoms with van der Waals surface area (Å²) >= 11 is 5.19. The fourth-order valence-corrected chi connectivity index (χ4v) is 2.41. The lowest BCUT2D eigenvalue weighted by Gasteiger charge is -2.12. The van der Waals surface area contributed by atoms with Crippen molar-refractivity contribution in [1.29, 1.82) is 0 Å². The first-order chi connectivity index (χ1) is 8.79. The van der Waals surface area contributed by atoms with E-state index >= 15 is 0 Å². The molecular formula is C16H22N2S. The van der Waals surface area contributed by atoms with Crippen LogP contribution in [-0.4, -0.2) is 5.11 Å². The second-order valence-electron chi connectivity index (χ2n) is 5.00. The number of thiocarbonyl (C=S) groups is 1. The molecule has 0 aromatic heterocycles. The summed E-state index contributed by atoms with van der Waals surface area (Å²) in [4.78, 5) is 0. The van der Waals surface area contributed by atoms with Crippen molar-refractivity contribution in [3.63, 3.8) is 0 Å². The van der Waals surface area contributed by atoms with Crippen LogP contribution >= 0.6 is 12.2 Å². The molecule has 0 heterocycles. The monoisotopic (exact) mass is 274 g/mol. The number of allylic oxidation sites excluding steroid dienone is 2. The van der Waals surface area contributed by atoms with Gasteiger partial charge in [-0.25, -0.2) is 0 Å². The molecule has 0 aliphatic heterocycles. The Labute approximate surface area is 121 Å². The van der Waals surface area contributed by atoms with Crippen LogP contribution < -0.4 is 10.6 Å². The molecule has 1 aromatic carbocycles. The zero-order valence-electron chi connectivity index (χ0n) is 12.3. The van der Waals surface area contributed by atoms with Gasteiger partial charge in [-0.15, -0.1) is 0 Å². The Morgan fingerprint density at radius 3 is 2.11 bits per heavy atom. The first-order valence-electron chi connectivity index (χ1n) is 6.29. The van der Waals surface area contributed by atoms with Crippen LogP contribution in [0.25, 0.3) is 6.08 Å². The standard InChI is InChI=1S/C16H22N2S/c1-10(2)17-16(19)18-14(6)9-15-12(4)7-11(3)8-13(15)5/h7-9H,1H2,2-6H3,(H2,17,18,19)/b14-9+. The number of aryl methyl sites for hydroxylation is 3. The van der Waals surface area contributed by atoms with Crippen LogP contribution in [0.5, 0.6) is 0 Å². The largest absolute Gasteiger partial charge is 0.337 e. The number of rotatable bonds is 3. The Morgan fingerprint density at radius 2 is 1.63 bits per heavy atom. The van der Waals surface area contributed by atoms with Crippen molar-refractivity contribution in [2.24, 2.45) is 0 Å². The van der Waals surface area contributed by atoms with E-state index in [9.17, 15) is 0 Å². The maximum Gasteiger partial charge on any atom is 0.174 e. The molecule has 0 saturated heterocycles. The summed E-state index contributed by atoms with van der Waals surface area (Å²) < 4.78 is 0. The Bertz CT molecular complexity index is 519. The molecule has 0 radical (unpaired) electrons. The van der Waals surface area contributed by atoms with E-state index in [1.807, 2.05) is 13.8 Å². The lowest BCUT2D eigenvalue weighted by atomic mass is 9.99. The minimum Gasteiger partial charge on any atom is -0.337 e. The molecular weight excluding hydrogens is 252 g/mol. The predicted octanol–water partition coefficient (Wildman–Crippen LogP) is 3.97. The van der Waals surface area contributed by atoms with Crippen molar-refractivity contribution in [2.75, 3.05) is 0 Å². The first-order valence-corrected chi connectivity index (χ1v) is 6.70. The van der Waals surface area contributed by atoms with E-state index in [1.54, 1.807) is 0 Å². The Hall–Kier alpha value is -1.61. The molecule has 0 aliphatic rings. The van der Waals surface area contributed by atoms with Gasteiger partial charge in [0, 0.05) is 11.4 Å². The molecule has 1 aromatic rings. The second kappa shape index (κ2) is 6.53. The summed E-state index contributed by atoms with van der Waals surface area (Å²) in [5.74, 6) is 0. The zero-order chi connectivity index (χ0) is 14.6. The van der Waals surface area contributed by atoms with Gasteiger partial charge in [0.1, 0.15) is 0 Å². The third-order valence-electron chi connectivity index (χ3n) is 2.74. The highest BCUT2D eigenvalue weighted by atomic mass is 32.1. The van der Waals surface area contributed by atoms with Crippen LogP contribution in [0.15, 0.2) is 30.1 Å². The molecule has 0 saturated carbocycles. The van der Waals surface area contributed by atoms with E-state index in [-0.39, 0.29) is 0 Å². The summed E-state index contributed by atoms with van der Waals surface area (Å²) in [6.45, 7) is 14.0. The predicted molar refractivity (Wildman–Crippen MR) is 88.0 cm³/mol. The lowest BCUT2D eigenvalue weighted by molar-refractivity contribution is 1.04. The molecule has 0 unspecified atom stereocenters. The number of hydrogen-bond acceptors (Lipinski definition) is 1. The average Bonchev–Trinajstić information content (AvgIpc) is 2.21. The number of benzene rings is 1. The van der Waals surface area contributed by atoms with Gasteiger partial charge in [-0.3, -0.25) is 0 Å². The minimum atomic E-state index is 0.573. The Kier molecular flexibility index (Phi) is 5.31. The normalized spacial score (nSPS) is 11.1. The number of nitrogens with one attached hydrogen (secondary N) is 2. The Morgan fingerprint density at radius 1 is 1.11 bits per heavy atom. The van der Waals surface area contributed by atoms with E-state index in [2.05, 4.69) is 56.2 Å². The molecule has 2 N–H and O–H groups in total. The van der Waals surface area contributed by atoms with E-state index in [1.165, 1.54) is 22.3 Å². The van der Waals surface area contributed by atoms with Crippen molar-refractivity contribution in [3.8, 4) is 0 Å². The molecule has 0 spiro atoms. The maximum atomic E-state index is 5.19. The fourth-order valence-electron chi connectivity index (χ4n) is 2.08. The van der Waals surface area contributed by atoms with Crippen LogP contribution in [0.3, 0.4) is 0 Å². The molecule has 3 heteroatoms. The van der Waals surface area contributed by atoms with Gasteiger partial charge in [0.05, 0.1) is 0 Å². The molecule has 19 heavy (non-hydrogen) atoms. The van der Waals surface area contributed by atoms with Crippen molar-refractivity contribution < 1.29 is 0 Å². The summed E-state index contributed by atoms with van der Waals surface area (Å²) in [5.41, 5.74) is 6.92. The molecule has 0 amide bonds. The van der Waals surface area contributed by atoms with Gasteiger partial charge < -0.3 is 10.6 Å². The lowest BCUT2D eigenvalue weighted by Crippen LogP contribution is -2.32. The number of hydrogen-bond donors (Lipinski definition) is 2. The molecule has 0 fully saturated rings. The van der Waals surface area contributed by atoms with E-state index in [0.29, 0.717) is 5.11 Å². The van der Waals surface area contributed by atoms with Gasteiger partial charge in [0.25, 0.3) is 0 Å². The third-order valence-corrected chi connectivity index (χ3v) is 2.94. The van der Waals surface area contributed by atoms with Gasteiger partial charge in [-0.2, -0.15) is 0 Å². The first kappa shape index (κ1) is 15.4. The summed E-state index contributed by atoms with van der Waals surface area (Å²) in [6.07, 6.45) is 2.12. The quantitative estimate of drug-likeness (QED) is 0.816. The van der Waals surface area contributed by atoms with Crippen molar-refractivity contribution in [1.82, 2.24) is 10.6 Å². The molecule has 0 bridgehead atoms. The molecule has 0 aliphatic carbocycles. The topological polar surface area (TPSA) is 24.1 Å². The van der Waals surface area contributed by atoms with Crippen LogP contribution in [0, 0.1) is 20.8 Å². The Balaban J connectivity index is 2.91. The van der Waals surface area contributed by atoms with Crippen molar-refractivity contribution in [2.45, 2.75) is 34.6 Å². The van der Waals surface area contributed by atoms with Gasteiger partial charge >= 0.3 is 0 Å². The second-order valence-corrected chi connectivity index (χ2v) is 5.41. The molecule has 102 valence electrons. The zero-order valence-corrected chi connectivity index (χ0v) is 13.2. The van der Waals surface area contributed by atoms with Crippen molar-refractivity contribution in [3.05, 3.63) is 52.4 Å². The summed E-state index contributed by atoms with van der Waals surface area (Å²) in [6, 6.07) is 4.38. The summed E-state index contributed by atoms with van der Waals surface area (Å²) in [5, 5.41) is 6.71.